The van der Waals surface area contributed by atoms with E-state index in [-0.39, 0.29) is 18.0 Å². The van der Waals surface area contributed by atoms with Gasteiger partial charge >= 0.3 is 0 Å². The molecule has 2 heterocycles. The molecule has 33 heavy (non-hydrogen) atoms. The van der Waals surface area contributed by atoms with Gasteiger partial charge in [-0.2, -0.15) is 9.10 Å². The molecule has 1 aliphatic heterocycles. The maximum Gasteiger partial charge on any atom is 0.248 e. The number of amides is 1. The first-order chi connectivity index (χ1) is 15.9. The van der Waals surface area contributed by atoms with Crippen LogP contribution in [0.25, 0.3) is 0 Å². The molecule has 0 radical (unpaired) electrons. The van der Waals surface area contributed by atoms with Crippen molar-refractivity contribution in [3.05, 3.63) is 59.9 Å². The molecule has 1 N–H and O–H groups in total. The molecule has 0 saturated carbocycles. The second kappa shape index (κ2) is 10.1. The number of aromatic nitrogens is 4. The molecule has 10 nitrogen and oxygen atoms in total. The molecule has 11 heteroatoms. The fraction of sp³-hybridized carbons (Fsp3) is 0.364. The number of ether oxygens (including phenoxy) is 1. The van der Waals surface area contributed by atoms with Gasteiger partial charge in [-0.3, -0.25) is 4.79 Å². The smallest absolute Gasteiger partial charge is 0.248 e. The summed E-state index contributed by atoms with van der Waals surface area (Å²) in [5.41, 5.74) is 1.19. The molecule has 1 amide bonds. The van der Waals surface area contributed by atoms with Crippen LogP contribution in [0.5, 0.6) is 5.75 Å². The molecule has 1 aliphatic rings. The van der Waals surface area contributed by atoms with Crippen molar-refractivity contribution < 1.29 is 17.9 Å². The first-order valence-electron chi connectivity index (χ1n) is 10.8. The van der Waals surface area contributed by atoms with Gasteiger partial charge < -0.3 is 10.1 Å². The summed E-state index contributed by atoms with van der Waals surface area (Å²) in [5.74, 6) is 0.637. The van der Waals surface area contributed by atoms with Crippen molar-refractivity contribution in [1.82, 2.24) is 24.5 Å². The Balaban J connectivity index is 1.38. The van der Waals surface area contributed by atoms with Gasteiger partial charge in [0, 0.05) is 18.8 Å². The van der Waals surface area contributed by atoms with Crippen molar-refractivity contribution >= 4 is 21.6 Å². The van der Waals surface area contributed by atoms with Gasteiger partial charge in [0.15, 0.2) is 6.61 Å². The number of rotatable bonds is 8. The van der Waals surface area contributed by atoms with Gasteiger partial charge in [-0.15, -0.1) is 10.2 Å². The van der Waals surface area contributed by atoms with Crippen LogP contribution in [0.2, 0.25) is 0 Å². The fourth-order valence-corrected chi connectivity index (χ4v) is 5.08. The third-order valence-electron chi connectivity index (χ3n) is 5.33. The van der Waals surface area contributed by atoms with E-state index in [1.54, 1.807) is 19.1 Å². The molecule has 0 spiro atoms. The first-order valence-corrected chi connectivity index (χ1v) is 12.2. The molecule has 3 aromatic rings. The van der Waals surface area contributed by atoms with E-state index in [1.165, 1.54) is 15.2 Å². The molecule has 1 aromatic heterocycles. The van der Waals surface area contributed by atoms with Gasteiger partial charge in [0.05, 0.1) is 4.90 Å². The summed E-state index contributed by atoms with van der Waals surface area (Å²) in [6.45, 7) is 2.81. The van der Waals surface area contributed by atoms with Crippen LogP contribution in [0.1, 0.15) is 30.7 Å². The minimum Gasteiger partial charge on any atom is -0.485 e. The van der Waals surface area contributed by atoms with Gasteiger partial charge in [-0.25, -0.2) is 8.42 Å². The number of carbonyl (C=O) groups excluding carboxylic acids is 1. The number of piperidine rings is 1. The lowest BCUT2D eigenvalue weighted by atomic mass is 10.2. The van der Waals surface area contributed by atoms with E-state index in [4.69, 9.17) is 4.74 Å². The standard InChI is InChI=1S/C22H26N6O4S/c1-17-10-11-19(33(30,31)27-12-6-3-7-13-27)14-20(17)23-22(29)15-28-25-21(24-26-28)16-32-18-8-4-2-5-9-18/h2,4-5,8-11,14H,3,6-7,12-13,15-16H2,1H3,(H,23,29). The second-order valence-corrected chi connectivity index (χ2v) is 9.77. The highest BCUT2D eigenvalue weighted by Gasteiger charge is 2.26. The average Bonchev–Trinajstić information content (AvgIpc) is 3.27. The Labute approximate surface area is 192 Å². The number of anilines is 1. The highest BCUT2D eigenvalue weighted by atomic mass is 32.2. The van der Waals surface area contributed by atoms with E-state index in [1.807, 2.05) is 30.3 Å². The quantitative estimate of drug-likeness (QED) is 0.537. The third-order valence-corrected chi connectivity index (χ3v) is 7.22. The van der Waals surface area contributed by atoms with Crippen LogP contribution >= 0.6 is 0 Å². The molecule has 4 rings (SSSR count). The van der Waals surface area contributed by atoms with Gasteiger partial charge in [0.25, 0.3) is 0 Å². The summed E-state index contributed by atoms with van der Waals surface area (Å²) >= 11 is 0. The zero-order valence-electron chi connectivity index (χ0n) is 18.3. The highest BCUT2D eigenvalue weighted by molar-refractivity contribution is 7.89. The number of tetrazole rings is 1. The minimum atomic E-state index is -3.59. The van der Waals surface area contributed by atoms with Crippen molar-refractivity contribution in [3.8, 4) is 5.75 Å². The SMILES string of the molecule is Cc1ccc(S(=O)(=O)N2CCCCC2)cc1NC(=O)Cn1nnc(COc2ccccc2)n1. The molecular weight excluding hydrogens is 444 g/mol. The number of nitrogens with one attached hydrogen (secondary N) is 1. The van der Waals surface area contributed by atoms with Crippen molar-refractivity contribution in [2.75, 3.05) is 18.4 Å². The molecule has 0 unspecified atom stereocenters. The Morgan fingerprint density at radius 1 is 1.09 bits per heavy atom. The van der Waals surface area contributed by atoms with Crippen LogP contribution < -0.4 is 10.1 Å². The zero-order valence-corrected chi connectivity index (χ0v) is 19.2. The van der Waals surface area contributed by atoms with Crippen LogP contribution in [0.4, 0.5) is 5.69 Å². The summed E-state index contributed by atoms with van der Waals surface area (Å²) in [5, 5.41) is 14.7. The van der Waals surface area contributed by atoms with Crippen LogP contribution in [-0.4, -0.2) is 51.9 Å². The number of sulfonamides is 1. The summed E-state index contributed by atoms with van der Waals surface area (Å²) in [6, 6.07) is 14.0. The third kappa shape index (κ3) is 5.74. The van der Waals surface area contributed by atoms with Gasteiger partial charge in [0.2, 0.25) is 21.8 Å². The Morgan fingerprint density at radius 3 is 2.61 bits per heavy atom. The predicted octanol–water partition coefficient (Wildman–Crippen LogP) is 2.37. The Hall–Kier alpha value is -3.31. The van der Waals surface area contributed by atoms with Crippen LogP contribution in [0.15, 0.2) is 53.4 Å². The molecule has 174 valence electrons. The lowest BCUT2D eigenvalue weighted by molar-refractivity contribution is -0.117. The van der Waals surface area contributed by atoms with Crippen molar-refractivity contribution in [1.29, 1.82) is 0 Å². The second-order valence-electron chi connectivity index (χ2n) is 7.83. The van der Waals surface area contributed by atoms with E-state index in [9.17, 15) is 13.2 Å². The maximum absolute atomic E-state index is 13.0. The Bertz CT molecular complexity index is 1210. The molecule has 0 aliphatic carbocycles. The minimum absolute atomic E-state index is 0.126. The highest BCUT2D eigenvalue weighted by Crippen LogP contribution is 2.25. The molecule has 1 saturated heterocycles. The average molecular weight is 471 g/mol. The van der Waals surface area contributed by atoms with Crippen molar-refractivity contribution in [2.45, 2.75) is 44.2 Å². The normalized spacial score (nSPS) is 14.7. The van der Waals surface area contributed by atoms with Crippen molar-refractivity contribution in [3.63, 3.8) is 0 Å². The number of hydrogen-bond donors (Lipinski definition) is 1. The number of para-hydroxylation sites is 1. The topological polar surface area (TPSA) is 119 Å². The largest absolute Gasteiger partial charge is 0.485 e. The van der Waals surface area contributed by atoms with Gasteiger partial charge in [-0.1, -0.05) is 30.7 Å². The summed E-state index contributed by atoms with van der Waals surface area (Å²) in [7, 11) is -3.59. The zero-order chi connectivity index (χ0) is 23.3. The fourth-order valence-electron chi connectivity index (χ4n) is 3.53. The molecule has 1 fully saturated rings. The summed E-state index contributed by atoms with van der Waals surface area (Å²) in [6.07, 6.45) is 2.76. The first kappa shape index (κ1) is 22.9. The molecule has 0 bridgehead atoms. The lowest BCUT2D eigenvalue weighted by Gasteiger charge is -2.26. The van der Waals surface area contributed by atoms with Crippen LogP contribution in [-0.2, 0) is 28.0 Å². The molecular formula is C22H26N6O4S. The maximum atomic E-state index is 13.0. The van der Waals surface area contributed by atoms with Crippen molar-refractivity contribution in [2.24, 2.45) is 0 Å². The van der Waals surface area contributed by atoms with E-state index >= 15 is 0 Å². The predicted molar refractivity (Wildman–Crippen MR) is 121 cm³/mol. The number of aryl methyl sites for hydroxylation is 1. The number of benzene rings is 2. The van der Waals surface area contributed by atoms with E-state index < -0.39 is 15.9 Å². The van der Waals surface area contributed by atoms with Crippen LogP contribution in [0.3, 0.4) is 0 Å². The van der Waals surface area contributed by atoms with E-state index in [0.29, 0.717) is 30.4 Å². The number of nitrogens with zero attached hydrogens (tertiary/aromatic N) is 5. The molecule has 0 atom stereocenters. The van der Waals surface area contributed by atoms with Crippen LogP contribution in [0, 0.1) is 6.92 Å². The van der Waals surface area contributed by atoms with Gasteiger partial charge in [0.1, 0.15) is 12.3 Å². The van der Waals surface area contributed by atoms with E-state index in [2.05, 4.69) is 20.7 Å². The Kier molecular flexibility index (Phi) is 6.99. The number of hydrogen-bond acceptors (Lipinski definition) is 7. The summed E-state index contributed by atoms with van der Waals surface area (Å²) < 4.78 is 33.0. The van der Waals surface area contributed by atoms with Gasteiger partial charge in [-0.05, 0) is 54.8 Å². The Morgan fingerprint density at radius 2 is 1.85 bits per heavy atom. The number of carbonyl (C=O) groups is 1. The van der Waals surface area contributed by atoms with E-state index in [0.717, 1.165) is 24.8 Å². The summed E-state index contributed by atoms with van der Waals surface area (Å²) in [4.78, 5) is 13.9. The monoisotopic (exact) mass is 470 g/mol. The molecule has 2 aromatic carbocycles. The lowest BCUT2D eigenvalue weighted by Crippen LogP contribution is -2.35.